The Balaban J connectivity index is 2.06. The molecule has 0 radical (unpaired) electrons. The maximum absolute atomic E-state index is 5.67. The number of halogens is 2. The molecule has 4 nitrogen and oxygen atoms in total. The largest absolute Gasteiger partial charge is 0.351 e. The summed E-state index contributed by atoms with van der Waals surface area (Å²) in [5.41, 5.74) is 0. The van der Waals surface area contributed by atoms with Gasteiger partial charge in [0.25, 0.3) is 0 Å². The van der Waals surface area contributed by atoms with Gasteiger partial charge in [-0.2, -0.15) is 15.0 Å². The van der Waals surface area contributed by atoms with E-state index in [1.165, 1.54) is 0 Å². The highest BCUT2D eigenvalue weighted by Gasteiger charge is 2.11. The molecule has 1 N–H and O–H groups in total. The van der Waals surface area contributed by atoms with Gasteiger partial charge in [0.2, 0.25) is 16.5 Å². The second-order valence-corrected chi connectivity index (χ2v) is 4.00. The van der Waals surface area contributed by atoms with Crippen LogP contribution in [0.25, 0.3) is 0 Å². The maximum atomic E-state index is 5.67. The molecule has 1 heterocycles. The van der Waals surface area contributed by atoms with Crippen LogP contribution in [0.3, 0.4) is 0 Å². The van der Waals surface area contributed by atoms with Crippen molar-refractivity contribution < 1.29 is 0 Å². The normalized spacial score (nSPS) is 20.3. The van der Waals surface area contributed by atoms with Gasteiger partial charge in [0.15, 0.2) is 0 Å². The highest BCUT2D eigenvalue weighted by atomic mass is 35.5. The number of nitrogens with zero attached hydrogens (tertiary/aromatic N) is 3. The third-order valence-corrected chi connectivity index (χ3v) is 2.52. The highest BCUT2D eigenvalue weighted by Crippen LogP contribution is 2.16. The number of hydrogen-bond acceptors (Lipinski definition) is 4. The molecule has 1 unspecified atom stereocenters. The van der Waals surface area contributed by atoms with Crippen LogP contribution in [0.1, 0.15) is 19.3 Å². The third-order valence-electron chi connectivity index (χ3n) is 2.18. The van der Waals surface area contributed by atoms with Crippen molar-refractivity contribution in [2.45, 2.75) is 25.3 Å². The molecular weight excluding hydrogens is 235 g/mol. The molecule has 1 atom stereocenters. The van der Waals surface area contributed by atoms with Crippen molar-refractivity contribution in [1.29, 1.82) is 0 Å². The van der Waals surface area contributed by atoms with Crippen molar-refractivity contribution in [2.75, 3.05) is 5.32 Å². The molecule has 1 aliphatic rings. The molecule has 0 saturated carbocycles. The van der Waals surface area contributed by atoms with E-state index in [-0.39, 0.29) is 10.6 Å². The average molecular weight is 245 g/mol. The Bertz CT molecular complexity index is 360. The number of aromatic nitrogens is 3. The molecule has 0 bridgehead atoms. The summed E-state index contributed by atoms with van der Waals surface area (Å²) in [6.45, 7) is 0. The monoisotopic (exact) mass is 244 g/mol. The van der Waals surface area contributed by atoms with E-state index in [9.17, 15) is 0 Å². The number of allylic oxidation sites excluding steroid dienone is 1. The zero-order valence-corrected chi connectivity index (χ0v) is 9.46. The molecule has 2 rings (SSSR count). The van der Waals surface area contributed by atoms with Crippen LogP contribution in [0.2, 0.25) is 10.6 Å². The fourth-order valence-corrected chi connectivity index (χ4v) is 1.86. The smallest absolute Gasteiger partial charge is 0.228 e. The van der Waals surface area contributed by atoms with Crippen molar-refractivity contribution in [3.63, 3.8) is 0 Å². The lowest BCUT2D eigenvalue weighted by Gasteiger charge is -2.18. The van der Waals surface area contributed by atoms with Crippen LogP contribution in [0.5, 0.6) is 0 Å². The van der Waals surface area contributed by atoms with E-state index in [0.29, 0.717) is 12.0 Å². The molecule has 0 aromatic carbocycles. The Hall–Kier alpha value is -0.870. The van der Waals surface area contributed by atoms with Crippen molar-refractivity contribution in [3.05, 3.63) is 22.7 Å². The molecule has 6 heteroatoms. The second kappa shape index (κ2) is 4.77. The lowest BCUT2D eigenvalue weighted by molar-refractivity contribution is 0.638. The van der Waals surface area contributed by atoms with Gasteiger partial charge in [-0.05, 0) is 42.5 Å². The summed E-state index contributed by atoms with van der Waals surface area (Å²) in [5, 5.41) is 3.41. The van der Waals surface area contributed by atoms with E-state index in [4.69, 9.17) is 23.2 Å². The van der Waals surface area contributed by atoms with Gasteiger partial charge in [0, 0.05) is 6.04 Å². The number of hydrogen-bond donors (Lipinski definition) is 1. The van der Waals surface area contributed by atoms with Crippen LogP contribution in [-0.2, 0) is 0 Å². The van der Waals surface area contributed by atoms with E-state index >= 15 is 0 Å². The number of rotatable bonds is 2. The van der Waals surface area contributed by atoms with Crippen molar-refractivity contribution in [1.82, 2.24) is 15.0 Å². The SMILES string of the molecule is Clc1nc(Cl)nc(NC2CC=CCC2)n1. The fraction of sp³-hybridized carbons (Fsp3) is 0.444. The molecular formula is C9H10Cl2N4. The van der Waals surface area contributed by atoms with E-state index in [1.807, 2.05) is 0 Å². The Morgan fingerprint density at radius 1 is 1.13 bits per heavy atom. The predicted octanol–water partition coefficient (Wildman–Crippen LogP) is 2.70. The summed E-state index contributed by atoms with van der Waals surface area (Å²) in [7, 11) is 0. The Morgan fingerprint density at radius 3 is 2.47 bits per heavy atom. The second-order valence-electron chi connectivity index (χ2n) is 3.32. The summed E-state index contributed by atoms with van der Waals surface area (Å²) in [5.74, 6) is 0.445. The van der Waals surface area contributed by atoms with Gasteiger partial charge < -0.3 is 5.32 Å². The van der Waals surface area contributed by atoms with Gasteiger partial charge in [0.1, 0.15) is 0 Å². The van der Waals surface area contributed by atoms with Crippen molar-refractivity contribution in [2.24, 2.45) is 0 Å². The molecule has 0 amide bonds. The van der Waals surface area contributed by atoms with Crippen molar-refractivity contribution in [3.8, 4) is 0 Å². The van der Waals surface area contributed by atoms with E-state index < -0.39 is 0 Å². The molecule has 80 valence electrons. The highest BCUT2D eigenvalue weighted by molar-refractivity contribution is 6.31. The molecule has 1 aliphatic carbocycles. The van der Waals surface area contributed by atoms with Gasteiger partial charge in [-0.1, -0.05) is 12.2 Å². The van der Waals surface area contributed by atoms with Crippen LogP contribution in [0, 0.1) is 0 Å². The van der Waals surface area contributed by atoms with Gasteiger partial charge in [0.05, 0.1) is 0 Å². The van der Waals surface area contributed by atoms with Gasteiger partial charge in [-0.15, -0.1) is 0 Å². The number of nitrogens with one attached hydrogen (secondary N) is 1. The lowest BCUT2D eigenvalue weighted by Crippen LogP contribution is -2.21. The standard InChI is InChI=1S/C9H10Cl2N4/c10-7-13-8(11)15-9(14-7)12-6-4-2-1-3-5-6/h1-2,6H,3-5H2,(H,12,13,14,15). The predicted molar refractivity (Wildman–Crippen MR) is 60.2 cm³/mol. The fourth-order valence-electron chi connectivity index (χ4n) is 1.50. The number of anilines is 1. The molecule has 0 aliphatic heterocycles. The molecule has 0 fully saturated rings. The lowest BCUT2D eigenvalue weighted by atomic mass is 10.0. The maximum Gasteiger partial charge on any atom is 0.228 e. The minimum absolute atomic E-state index is 0.115. The Kier molecular flexibility index (Phi) is 3.38. The van der Waals surface area contributed by atoms with Crippen LogP contribution < -0.4 is 5.32 Å². The minimum atomic E-state index is 0.115. The van der Waals surface area contributed by atoms with Gasteiger partial charge in [-0.25, -0.2) is 0 Å². The van der Waals surface area contributed by atoms with E-state index in [1.54, 1.807) is 0 Å². The first-order valence-corrected chi connectivity index (χ1v) is 5.48. The quantitative estimate of drug-likeness (QED) is 0.814. The molecule has 0 saturated heterocycles. The topological polar surface area (TPSA) is 50.7 Å². The minimum Gasteiger partial charge on any atom is -0.351 e. The first kappa shape index (κ1) is 10.6. The van der Waals surface area contributed by atoms with Gasteiger partial charge >= 0.3 is 0 Å². The summed E-state index contributed by atoms with van der Waals surface area (Å²) in [4.78, 5) is 11.6. The zero-order valence-electron chi connectivity index (χ0n) is 7.95. The van der Waals surface area contributed by atoms with Crippen LogP contribution >= 0.6 is 23.2 Å². The van der Waals surface area contributed by atoms with Crippen molar-refractivity contribution >= 4 is 29.2 Å². The summed E-state index contributed by atoms with van der Waals surface area (Å²) >= 11 is 11.3. The van der Waals surface area contributed by atoms with Crippen LogP contribution in [-0.4, -0.2) is 21.0 Å². The van der Waals surface area contributed by atoms with Gasteiger partial charge in [-0.3, -0.25) is 0 Å². The third kappa shape index (κ3) is 3.04. The van der Waals surface area contributed by atoms with Crippen LogP contribution in [0.15, 0.2) is 12.2 Å². The van der Waals surface area contributed by atoms with Crippen LogP contribution in [0.4, 0.5) is 5.95 Å². The summed E-state index contributed by atoms with van der Waals surface area (Å²) in [6.07, 6.45) is 7.43. The molecule has 15 heavy (non-hydrogen) atoms. The molecule has 1 aromatic rings. The molecule has 1 aromatic heterocycles. The first-order chi connectivity index (χ1) is 7.24. The van der Waals surface area contributed by atoms with E-state index in [0.717, 1.165) is 19.3 Å². The zero-order chi connectivity index (χ0) is 10.7. The summed E-state index contributed by atoms with van der Waals surface area (Å²) < 4.78 is 0. The summed E-state index contributed by atoms with van der Waals surface area (Å²) in [6, 6.07) is 0.351. The average Bonchev–Trinajstić information content (AvgIpc) is 2.17. The van der Waals surface area contributed by atoms with E-state index in [2.05, 4.69) is 32.4 Å². The molecule has 0 spiro atoms. The Morgan fingerprint density at radius 2 is 1.87 bits per heavy atom. The Labute approximate surface area is 97.7 Å². The first-order valence-electron chi connectivity index (χ1n) is 4.72.